The quantitative estimate of drug-likeness (QED) is 0.0995. The fourth-order valence-electron chi connectivity index (χ4n) is 3.61. The maximum Gasteiger partial charge on any atom is 0.276 e. The zero-order valence-electron chi connectivity index (χ0n) is 20.5. The Hall–Kier alpha value is -4.07. The monoisotopic (exact) mass is 524 g/mol. The minimum absolute atomic E-state index is 0.0756. The van der Waals surface area contributed by atoms with E-state index >= 15 is 0 Å². The van der Waals surface area contributed by atoms with Gasteiger partial charge in [-0.05, 0) is 12.1 Å². The average molecular weight is 525 g/mol. The van der Waals surface area contributed by atoms with Gasteiger partial charge in [-0.25, -0.2) is 25.4 Å². The van der Waals surface area contributed by atoms with Crippen molar-refractivity contribution in [2.24, 2.45) is 10.7 Å². The van der Waals surface area contributed by atoms with Crippen LogP contribution >= 0.6 is 11.3 Å². The second-order valence-electron chi connectivity index (χ2n) is 8.06. The highest BCUT2D eigenvalue weighted by molar-refractivity contribution is 7.19. The number of nitrogens with one attached hydrogen (secondary N) is 1. The largest absolute Gasteiger partial charge is 0.481 e. The summed E-state index contributed by atoms with van der Waals surface area (Å²) in [4.78, 5) is 34.7. The number of carbonyl (C=O) groups excluding carboxylic acids is 1. The van der Waals surface area contributed by atoms with Crippen LogP contribution in [-0.2, 0) is 16.1 Å². The first-order valence-electron chi connectivity index (χ1n) is 11.4. The Balaban J connectivity index is 1.66. The van der Waals surface area contributed by atoms with Crippen LogP contribution in [0.1, 0.15) is 4.88 Å². The lowest BCUT2D eigenvalue weighted by molar-refractivity contribution is -0.124. The first-order valence-corrected chi connectivity index (χ1v) is 12.2. The summed E-state index contributed by atoms with van der Waals surface area (Å²) < 4.78 is 11.7. The molecule has 3 aromatic rings. The number of morpholine rings is 1. The van der Waals surface area contributed by atoms with Gasteiger partial charge >= 0.3 is 0 Å². The number of nitrogens with zero attached hydrogens (tertiary/aromatic N) is 6. The van der Waals surface area contributed by atoms with Crippen molar-refractivity contribution in [3.8, 4) is 17.3 Å². The number of thiophene rings is 1. The molecule has 4 N–H and O–H groups in total. The highest BCUT2D eigenvalue weighted by Gasteiger charge is 2.21. The number of hydrogen-bond acceptors (Lipinski definition) is 10. The van der Waals surface area contributed by atoms with Crippen LogP contribution in [0.2, 0.25) is 0 Å². The molecule has 37 heavy (non-hydrogen) atoms. The minimum Gasteiger partial charge on any atom is -0.481 e. The number of guanidine groups is 1. The number of amides is 1. The molecule has 1 saturated heterocycles. The number of ether oxygens (including phenoxy) is 2. The predicted molar refractivity (Wildman–Crippen MR) is 142 cm³/mol. The van der Waals surface area contributed by atoms with Crippen LogP contribution in [0.5, 0.6) is 5.88 Å². The maximum atomic E-state index is 11.6. The van der Waals surface area contributed by atoms with Gasteiger partial charge < -0.3 is 25.0 Å². The molecule has 0 radical (unpaired) electrons. The first kappa shape index (κ1) is 26.0. The van der Waals surface area contributed by atoms with Crippen molar-refractivity contribution in [2.45, 2.75) is 6.54 Å². The Kier molecular flexibility index (Phi) is 8.28. The molecule has 4 heterocycles. The van der Waals surface area contributed by atoms with Crippen LogP contribution in [0.15, 0.2) is 53.8 Å². The smallest absolute Gasteiger partial charge is 0.276 e. The molecule has 194 valence electrons. The summed E-state index contributed by atoms with van der Waals surface area (Å²) in [7, 11) is 3.36. The third-order valence-corrected chi connectivity index (χ3v) is 6.73. The fraction of sp³-hybridized carbons (Fsp3) is 0.292. The van der Waals surface area contributed by atoms with Crippen molar-refractivity contribution in [2.75, 3.05) is 45.4 Å². The molecule has 4 rings (SSSR count). The second kappa shape index (κ2) is 11.8. The molecule has 0 atom stereocenters. The third-order valence-electron chi connectivity index (χ3n) is 5.62. The van der Waals surface area contributed by atoms with Gasteiger partial charge in [0.2, 0.25) is 5.88 Å². The van der Waals surface area contributed by atoms with Gasteiger partial charge in [-0.3, -0.25) is 10.0 Å². The molecule has 0 bridgehead atoms. The maximum absolute atomic E-state index is 11.6. The summed E-state index contributed by atoms with van der Waals surface area (Å²) >= 11 is 1.59. The van der Waals surface area contributed by atoms with Crippen molar-refractivity contribution >= 4 is 39.2 Å². The summed E-state index contributed by atoms with van der Waals surface area (Å²) in [5.41, 5.74) is 9.34. The summed E-state index contributed by atoms with van der Waals surface area (Å²) in [5, 5.41) is 8.80. The van der Waals surface area contributed by atoms with E-state index in [1.807, 2.05) is 12.1 Å². The van der Waals surface area contributed by atoms with Gasteiger partial charge in [-0.15, -0.1) is 11.3 Å². The summed E-state index contributed by atoms with van der Waals surface area (Å²) in [6.45, 7) is 6.73. The van der Waals surface area contributed by atoms with Crippen molar-refractivity contribution < 1.29 is 19.5 Å². The van der Waals surface area contributed by atoms with E-state index in [4.69, 9.17) is 30.4 Å². The van der Waals surface area contributed by atoms with Crippen molar-refractivity contribution in [1.82, 2.24) is 25.3 Å². The molecule has 0 unspecified atom stereocenters. The normalized spacial score (nSPS) is 14.5. The fourth-order valence-corrected chi connectivity index (χ4v) is 4.78. The first-order chi connectivity index (χ1) is 17.9. The average Bonchev–Trinajstić information content (AvgIpc) is 3.35. The molecule has 12 nitrogen and oxygen atoms in total. The van der Waals surface area contributed by atoms with E-state index in [2.05, 4.69) is 21.5 Å². The van der Waals surface area contributed by atoms with E-state index in [9.17, 15) is 4.79 Å². The van der Waals surface area contributed by atoms with Gasteiger partial charge in [0.1, 0.15) is 0 Å². The van der Waals surface area contributed by atoms with Crippen LogP contribution < -0.4 is 20.9 Å². The zero-order valence-corrected chi connectivity index (χ0v) is 21.4. The molecular formula is C24H28N8O4S. The summed E-state index contributed by atoms with van der Waals surface area (Å²) in [6, 6.07) is 5.68. The van der Waals surface area contributed by atoms with Crippen LogP contribution in [-0.4, -0.2) is 77.4 Å². The summed E-state index contributed by atoms with van der Waals surface area (Å²) in [5.74, 6) is 1.41. The van der Waals surface area contributed by atoms with E-state index < -0.39 is 5.91 Å². The lowest BCUT2D eigenvalue weighted by atomic mass is 10.2. The van der Waals surface area contributed by atoms with Gasteiger partial charge in [0.05, 0.1) is 42.7 Å². The molecule has 0 aromatic carbocycles. The van der Waals surface area contributed by atoms with Crippen molar-refractivity contribution in [3.05, 3.63) is 53.7 Å². The van der Waals surface area contributed by atoms with Crippen molar-refractivity contribution in [1.29, 1.82) is 0 Å². The molecule has 0 aliphatic carbocycles. The molecule has 1 amide bonds. The lowest BCUT2D eigenvalue weighted by Gasteiger charge is -2.28. The molecule has 0 saturated carbocycles. The molecule has 13 heteroatoms. The van der Waals surface area contributed by atoms with Crippen LogP contribution in [0.3, 0.4) is 0 Å². The number of fused-ring (bicyclic) bond motifs is 1. The number of methoxy groups -OCH3 is 1. The molecule has 1 aliphatic heterocycles. The van der Waals surface area contributed by atoms with Crippen molar-refractivity contribution in [3.63, 3.8) is 0 Å². The summed E-state index contributed by atoms with van der Waals surface area (Å²) in [6.07, 6.45) is 4.21. The minimum atomic E-state index is -0.726. The number of hydrogen-bond donors (Lipinski definition) is 3. The zero-order chi connectivity index (χ0) is 26.4. The number of nitrogens with two attached hydrogens (primary N) is 1. The van der Waals surface area contributed by atoms with Crippen LogP contribution in [0.25, 0.3) is 21.6 Å². The SMILES string of the molecule is C=C/C(=C\N=C(/N)N(C)Cc1cc2nc(-c3ccc(OC)nc3)nc(N3CCOCC3)c2s1)C(=O)NO. The van der Waals surface area contributed by atoms with E-state index in [1.54, 1.807) is 48.1 Å². The molecule has 1 aliphatic rings. The molecule has 0 spiro atoms. The Morgan fingerprint density at radius 3 is 2.84 bits per heavy atom. The Morgan fingerprint density at radius 2 is 2.19 bits per heavy atom. The lowest BCUT2D eigenvalue weighted by Crippen LogP contribution is -2.36. The Morgan fingerprint density at radius 1 is 1.41 bits per heavy atom. The number of pyridine rings is 1. The molecule has 3 aromatic heterocycles. The van der Waals surface area contributed by atoms with Gasteiger partial charge in [0, 0.05) is 49.0 Å². The van der Waals surface area contributed by atoms with E-state index in [-0.39, 0.29) is 11.5 Å². The molecule has 1 fully saturated rings. The number of anilines is 1. The standard InChI is InChI=1S/C24H28N8O4S/c1-4-15(23(33)30-34)12-27-24(25)31(2)14-17-11-18-20(37-17)22(32-7-9-36-10-8-32)29-21(28-18)16-5-6-19(35-3)26-13-16/h4-6,11-13,34H,1,7-10,14H2,2-3H3,(H2,25,27)(H,30,33)/b15-12+. The highest BCUT2D eigenvalue weighted by Crippen LogP contribution is 2.35. The highest BCUT2D eigenvalue weighted by atomic mass is 32.1. The van der Waals surface area contributed by atoms with Crippen LogP contribution in [0.4, 0.5) is 5.82 Å². The Bertz CT molecular complexity index is 1330. The molecular weight excluding hydrogens is 496 g/mol. The number of hydroxylamine groups is 1. The van der Waals surface area contributed by atoms with Gasteiger partial charge in [0.25, 0.3) is 5.91 Å². The van der Waals surface area contributed by atoms with E-state index in [1.165, 1.54) is 12.3 Å². The van der Waals surface area contributed by atoms with Crippen LogP contribution in [0, 0.1) is 0 Å². The van der Waals surface area contributed by atoms with E-state index in [0.29, 0.717) is 31.5 Å². The van der Waals surface area contributed by atoms with E-state index in [0.717, 1.165) is 39.6 Å². The Labute approximate surface area is 217 Å². The van der Waals surface area contributed by atoms with Gasteiger partial charge in [-0.2, -0.15) is 0 Å². The number of aliphatic imine (C=N–C) groups is 1. The predicted octanol–water partition coefficient (Wildman–Crippen LogP) is 1.92. The second-order valence-corrected chi connectivity index (χ2v) is 9.20. The van der Waals surface area contributed by atoms with Gasteiger partial charge in [0.15, 0.2) is 17.6 Å². The number of carbonyl (C=O) groups is 1. The third kappa shape index (κ3) is 6.02. The topological polar surface area (TPSA) is 151 Å². The number of rotatable bonds is 8. The van der Waals surface area contributed by atoms with Gasteiger partial charge in [-0.1, -0.05) is 12.7 Å². The number of aromatic nitrogens is 3.